The van der Waals surface area contributed by atoms with Gasteiger partial charge < -0.3 is 10.4 Å². The zero-order valence-corrected chi connectivity index (χ0v) is 7.83. The normalized spacial score (nSPS) is 12.4. The molecule has 0 bridgehead atoms. The average molecular weight is 197 g/mol. The number of carboxylic acids is 1. The molecule has 0 aromatic heterocycles. The minimum atomic E-state index is -0.923. The van der Waals surface area contributed by atoms with E-state index in [1.165, 1.54) is 12.1 Å². The Bertz CT molecular complexity index is 328. The van der Waals surface area contributed by atoms with Gasteiger partial charge >= 0.3 is 5.97 Å². The molecule has 4 heteroatoms. The third-order valence-corrected chi connectivity index (χ3v) is 1.91. The third-order valence-electron chi connectivity index (χ3n) is 1.91. The molecule has 1 rings (SSSR count). The van der Waals surface area contributed by atoms with E-state index >= 15 is 0 Å². The Labute approximate surface area is 81.6 Å². The van der Waals surface area contributed by atoms with E-state index in [1.54, 1.807) is 19.1 Å². The van der Waals surface area contributed by atoms with Crippen LogP contribution in [0.3, 0.4) is 0 Å². The molecular weight excluding hydrogens is 185 g/mol. The van der Waals surface area contributed by atoms with Gasteiger partial charge in [0.2, 0.25) is 0 Å². The second-order valence-electron chi connectivity index (χ2n) is 3.05. The highest BCUT2D eigenvalue weighted by atomic mass is 19.1. The van der Waals surface area contributed by atoms with Crippen molar-refractivity contribution in [3.63, 3.8) is 0 Å². The monoisotopic (exact) mass is 197 g/mol. The number of hydrogen-bond donors (Lipinski definition) is 2. The van der Waals surface area contributed by atoms with Gasteiger partial charge in [0.1, 0.15) is 5.82 Å². The fourth-order valence-electron chi connectivity index (χ4n) is 1.13. The van der Waals surface area contributed by atoms with E-state index in [0.29, 0.717) is 0 Å². The zero-order chi connectivity index (χ0) is 10.6. The number of benzene rings is 1. The number of aliphatic carboxylic acids is 1. The highest BCUT2D eigenvalue weighted by molar-refractivity contribution is 5.69. The molecule has 1 atom stereocenters. The molecule has 0 spiro atoms. The van der Waals surface area contributed by atoms with Crippen molar-refractivity contribution in [1.29, 1.82) is 0 Å². The van der Waals surface area contributed by atoms with Gasteiger partial charge in [0, 0.05) is 6.04 Å². The van der Waals surface area contributed by atoms with Crippen molar-refractivity contribution in [2.24, 2.45) is 0 Å². The molecule has 3 nitrogen and oxygen atoms in total. The van der Waals surface area contributed by atoms with Gasteiger partial charge in [-0.2, -0.15) is 0 Å². The number of rotatable bonds is 4. The summed E-state index contributed by atoms with van der Waals surface area (Å²) in [4.78, 5) is 10.3. The molecule has 0 aliphatic rings. The van der Waals surface area contributed by atoms with Gasteiger partial charge in [-0.3, -0.25) is 4.79 Å². The van der Waals surface area contributed by atoms with Crippen molar-refractivity contribution in [2.75, 3.05) is 6.54 Å². The molecule has 0 radical (unpaired) electrons. The van der Waals surface area contributed by atoms with Crippen LogP contribution in [0.25, 0.3) is 0 Å². The second-order valence-corrected chi connectivity index (χ2v) is 3.05. The maximum absolute atomic E-state index is 12.8. The third kappa shape index (κ3) is 3.14. The molecule has 0 heterocycles. The smallest absolute Gasteiger partial charge is 0.317 e. The maximum Gasteiger partial charge on any atom is 0.317 e. The second kappa shape index (κ2) is 4.72. The van der Waals surface area contributed by atoms with E-state index in [2.05, 4.69) is 5.32 Å². The Morgan fingerprint density at radius 3 is 2.93 bits per heavy atom. The molecule has 0 amide bonds. The SMILES string of the molecule is CC(NCC(=O)O)c1cccc(F)c1. The predicted octanol–water partition coefficient (Wildman–Crippen LogP) is 1.56. The largest absolute Gasteiger partial charge is 0.480 e. The van der Waals surface area contributed by atoms with Crippen molar-refractivity contribution >= 4 is 5.97 Å². The van der Waals surface area contributed by atoms with Gasteiger partial charge in [-0.15, -0.1) is 0 Å². The lowest BCUT2D eigenvalue weighted by atomic mass is 10.1. The van der Waals surface area contributed by atoms with Crippen molar-refractivity contribution < 1.29 is 14.3 Å². The van der Waals surface area contributed by atoms with Crippen molar-refractivity contribution in [3.05, 3.63) is 35.6 Å². The summed E-state index contributed by atoms with van der Waals surface area (Å²) in [6.07, 6.45) is 0. The first-order valence-electron chi connectivity index (χ1n) is 4.30. The van der Waals surface area contributed by atoms with Crippen molar-refractivity contribution in [3.8, 4) is 0 Å². The van der Waals surface area contributed by atoms with Crippen LogP contribution in [0.2, 0.25) is 0 Å². The lowest BCUT2D eigenvalue weighted by molar-refractivity contribution is -0.136. The van der Waals surface area contributed by atoms with Crippen LogP contribution in [-0.4, -0.2) is 17.6 Å². The molecule has 1 unspecified atom stereocenters. The Morgan fingerprint density at radius 2 is 2.36 bits per heavy atom. The topological polar surface area (TPSA) is 49.3 Å². The van der Waals surface area contributed by atoms with Crippen LogP contribution in [0.15, 0.2) is 24.3 Å². The maximum atomic E-state index is 12.8. The number of nitrogens with one attached hydrogen (secondary N) is 1. The van der Waals surface area contributed by atoms with Gasteiger partial charge in [0.25, 0.3) is 0 Å². The van der Waals surface area contributed by atoms with E-state index in [4.69, 9.17) is 5.11 Å². The molecule has 1 aromatic carbocycles. The number of hydrogen-bond acceptors (Lipinski definition) is 2. The zero-order valence-electron chi connectivity index (χ0n) is 7.83. The summed E-state index contributed by atoms with van der Waals surface area (Å²) in [5.74, 6) is -1.24. The summed E-state index contributed by atoms with van der Waals surface area (Å²) in [5, 5.41) is 11.2. The molecule has 0 aliphatic carbocycles. The van der Waals surface area contributed by atoms with Gasteiger partial charge in [-0.25, -0.2) is 4.39 Å². The molecule has 0 saturated heterocycles. The van der Waals surface area contributed by atoms with Crippen LogP contribution in [-0.2, 0) is 4.79 Å². The molecule has 0 fully saturated rings. The van der Waals surface area contributed by atoms with Crippen LogP contribution in [0.4, 0.5) is 4.39 Å². The average Bonchev–Trinajstić information content (AvgIpc) is 2.14. The molecule has 1 aromatic rings. The number of carbonyl (C=O) groups is 1. The van der Waals surface area contributed by atoms with E-state index in [1.807, 2.05) is 0 Å². The van der Waals surface area contributed by atoms with Gasteiger partial charge in [-0.1, -0.05) is 12.1 Å². The summed E-state index contributed by atoms with van der Waals surface area (Å²) in [6.45, 7) is 1.66. The lowest BCUT2D eigenvalue weighted by Crippen LogP contribution is -2.25. The number of halogens is 1. The predicted molar refractivity (Wildman–Crippen MR) is 50.5 cm³/mol. The van der Waals surface area contributed by atoms with Crippen LogP contribution in [0.5, 0.6) is 0 Å². The van der Waals surface area contributed by atoms with E-state index in [9.17, 15) is 9.18 Å². The molecule has 0 saturated carbocycles. The Morgan fingerprint density at radius 1 is 1.64 bits per heavy atom. The Hall–Kier alpha value is -1.42. The molecule has 2 N–H and O–H groups in total. The van der Waals surface area contributed by atoms with Crippen molar-refractivity contribution in [2.45, 2.75) is 13.0 Å². The summed E-state index contributed by atoms with van der Waals surface area (Å²) in [5.41, 5.74) is 0.742. The highest BCUT2D eigenvalue weighted by Crippen LogP contribution is 2.12. The lowest BCUT2D eigenvalue weighted by Gasteiger charge is -2.12. The number of carboxylic acid groups (broad SMARTS) is 1. The molecule has 0 aliphatic heterocycles. The summed E-state index contributed by atoms with van der Waals surface area (Å²) in [7, 11) is 0. The van der Waals surface area contributed by atoms with Gasteiger partial charge in [0.05, 0.1) is 6.54 Å². The first-order valence-corrected chi connectivity index (χ1v) is 4.30. The Balaban J connectivity index is 2.60. The summed E-state index contributed by atoms with van der Waals surface area (Å²) < 4.78 is 12.8. The van der Waals surface area contributed by atoms with E-state index in [-0.39, 0.29) is 18.4 Å². The van der Waals surface area contributed by atoms with Crippen LogP contribution >= 0.6 is 0 Å². The molecule has 14 heavy (non-hydrogen) atoms. The fraction of sp³-hybridized carbons (Fsp3) is 0.300. The Kier molecular flexibility index (Phi) is 3.59. The van der Waals surface area contributed by atoms with Crippen LogP contribution < -0.4 is 5.32 Å². The fourth-order valence-corrected chi connectivity index (χ4v) is 1.13. The van der Waals surface area contributed by atoms with Crippen LogP contribution in [0.1, 0.15) is 18.5 Å². The van der Waals surface area contributed by atoms with E-state index in [0.717, 1.165) is 5.56 Å². The molecule has 76 valence electrons. The first-order chi connectivity index (χ1) is 6.59. The van der Waals surface area contributed by atoms with Gasteiger partial charge in [0.15, 0.2) is 0 Å². The minimum Gasteiger partial charge on any atom is -0.480 e. The van der Waals surface area contributed by atoms with Crippen LogP contribution in [0, 0.1) is 5.82 Å². The van der Waals surface area contributed by atoms with Crippen molar-refractivity contribution in [1.82, 2.24) is 5.32 Å². The standard InChI is InChI=1S/C10H12FNO2/c1-7(12-6-10(13)14)8-3-2-4-9(11)5-8/h2-5,7,12H,6H2,1H3,(H,13,14). The first kappa shape index (κ1) is 10.7. The van der Waals surface area contributed by atoms with Gasteiger partial charge in [-0.05, 0) is 24.6 Å². The quantitative estimate of drug-likeness (QED) is 0.770. The highest BCUT2D eigenvalue weighted by Gasteiger charge is 2.06. The summed E-state index contributed by atoms with van der Waals surface area (Å²) >= 11 is 0. The summed E-state index contributed by atoms with van der Waals surface area (Å²) in [6, 6.07) is 5.93. The van der Waals surface area contributed by atoms with E-state index < -0.39 is 5.97 Å². The minimum absolute atomic E-state index is 0.127. The molecular formula is C10H12FNO2.